The van der Waals surface area contributed by atoms with Gasteiger partial charge in [0, 0.05) is 39.3 Å². The topological polar surface area (TPSA) is 90.4 Å². The number of aromatic nitrogens is 2. The number of rotatable bonds is 5. The van der Waals surface area contributed by atoms with Crippen LogP contribution in [-0.2, 0) is 0 Å². The first-order valence-corrected chi connectivity index (χ1v) is 5.98. The lowest BCUT2D eigenvalue weighted by Gasteiger charge is -2.27. The second-order valence-electron chi connectivity index (χ2n) is 4.11. The Balaban J connectivity index is 1.78. The number of aromatic carboxylic acids is 1. The quantitative estimate of drug-likeness (QED) is 0.649. The SMILES string of the molecule is O=C(O)c1cncc(NCCN2CCNCC2)n1. The maximum atomic E-state index is 10.7. The predicted molar refractivity (Wildman–Crippen MR) is 66.8 cm³/mol. The summed E-state index contributed by atoms with van der Waals surface area (Å²) in [6.45, 7) is 5.78. The molecule has 1 aliphatic heterocycles. The van der Waals surface area contributed by atoms with E-state index in [1.54, 1.807) is 0 Å². The molecule has 3 N–H and O–H groups in total. The Morgan fingerprint density at radius 1 is 1.44 bits per heavy atom. The van der Waals surface area contributed by atoms with Gasteiger partial charge in [0.05, 0.1) is 12.4 Å². The summed E-state index contributed by atoms with van der Waals surface area (Å²) in [5.41, 5.74) is -0.0397. The third-order valence-corrected chi connectivity index (χ3v) is 2.80. The molecule has 98 valence electrons. The van der Waals surface area contributed by atoms with Gasteiger partial charge in [-0.25, -0.2) is 9.78 Å². The van der Waals surface area contributed by atoms with Gasteiger partial charge in [-0.05, 0) is 0 Å². The molecule has 2 rings (SSSR count). The number of carbonyl (C=O) groups is 1. The van der Waals surface area contributed by atoms with Crippen molar-refractivity contribution in [2.75, 3.05) is 44.6 Å². The zero-order valence-electron chi connectivity index (χ0n) is 10.1. The number of hydrogen-bond donors (Lipinski definition) is 3. The fourth-order valence-corrected chi connectivity index (χ4v) is 1.83. The van der Waals surface area contributed by atoms with Crippen LogP contribution in [0.1, 0.15) is 10.5 Å². The van der Waals surface area contributed by atoms with Gasteiger partial charge in [0.1, 0.15) is 5.82 Å². The second-order valence-corrected chi connectivity index (χ2v) is 4.11. The van der Waals surface area contributed by atoms with Crippen LogP contribution in [0.2, 0.25) is 0 Å². The maximum absolute atomic E-state index is 10.7. The number of carboxylic acid groups (broad SMARTS) is 1. The Labute approximate surface area is 105 Å². The van der Waals surface area contributed by atoms with E-state index < -0.39 is 5.97 Å². The number of hydrogen-bond acceptors (Lipinski definition) is 6. The van der Waals surface area contributed by atoms with E-state index in [4.69, 9.17) is 5.11 Å². The van der Waals surface area contributed by atoms with Crippen LogP contribution in [0.15, 0.2) is 12.4 Å². The monoisotopic (exact) mass is 251 g/mol. The van der Waals surface area contributed by atoms with Crippen molar-refractivity contribution in [3.8, 4) is 0 Å². The minimum absolute atomic E-state index is 0.0397. The van der Waals surface area contributed by atoms with E-state index in [0.717, 1.165) is 39.3 Å². The molecule has 0 saturated carbocycles. The zero-order chi connectivity index (χ0) is 12.8. The van der Waals surface area contributed by atoms with E-state index in [9.17, 15) is 4.79 Å². The summed E-state index contributed by atoms with van der Waals surface area (Å²) in [6, 6.07) is 0. The molecule has 0 amide bonds. The Hall–Kier alpha value is -1.73. The van der Waals surface area contributed by atoms with Gasteiger partial charge in [0.15, 0.2) is 5.69 Å². The van der Waals surface area contributed by atoms with Crippen LogP contribution in [0.25, 0.3) is 0 Å². The van der Waals surface area contributed by atoms with Crippen molar-refractivity contribution >= 4 is 11.8 Å². The molecule has 2 heterocycles. The molecule has 1 aromatic heterocycles. The molecule has 0 atom stereocenters. The van der Waals surface area contributed by atoms with E-state index >= 15 is 0 Å². The highest BCUT2D eigenvalue weighted by atomic mass is 16.4. The van der Waals surface area contributed by atoms with Gasteiger partial charge in [-0.3, -0.25) is 9.88 Å². The summed E-state index contributed by atoms with van der Waals surface area (Å²) in [4.78, 5) is 20.9. The maximum Gasteiger partial charge on any atom is 0.356 e. The van der Waals surface area contributed by atoms with Crippen molar-refractivity contribution < 1.29 is 9.90 Å². The molecule has 0 radical (unpaired) electrons. The molecule has 7 nitrogen and oxygen atoms in total. The molecule has 1 aliphatic rings. The Bertz CT molecular complexity index is 406. The Kier molecular flexibility index (Phi) is 4.43. The summed E-state index contributed by atoms with van der Waals surface area (Å²) in [6.07, 6.45) is 2.77. The first-order chi connectivity index (χ1) is 8.75. The fourth-order valence-electron chi connectivity index (χ4n) is 1.83. The van der Waals surface area contributed by atoms with Crippen molar-refractivity contribution in [3.63, 3.8) is 0 Å². The molecule has 0 aliphatic carbocycles. The fraction of sp³-hybridized carbons (Fsp3) is 0.545. The van der Waals surface area contributed by atoms with E-state index in [1.165, 1.54) is 12.4 Å². The van der Waals surface area contributed by atoms with Crippen molar-refractivity contribution in [1.29, 1.82) is 0 Å². The van der Waals surface area contributed by atoms with Crippen LogP contribution in [0.3, 0.4) is 0 Å². The Morgan fingerprint density at radius 3 is 2.94 bits per heavy atom. The number of nitrogens with zero attached hydrogens (tertiary/aromatic N) is 3. The number of nitrogens with one attached hydrogen (secondary N) is 2. The summed E-state index contributed by atoms with van der Waals surface area (Å²) >= 11 is 0. The van der Waals surface area contributed by atoms with Gasteiger partial charge in [-0.1, -0.05) is 0 Å². The van der Waals surface area contributed by atoms with Gasteiger partial charge in [-0.2, -0.15) is 0 Å². The summed E-state index contributed by atoms with van der Waals surface area (Å²) in [7, 11) is 0. The van der Waals surface area contributed by atoms with Crippen LogP contribution in [0, 0.1) is 0 Å². The third kappa shape index (κ3) is 3.64. The molecule has 1 aromatic rings. The highest BCUT2D eigenvalue weighted by molar-refractivity contribution is 5.85. The molecule has 0 spiro atoms. The van der Waals surface area contributed by atoms with E-state index in [-0.39, 0.29) is 5.69 Å². The zero-order valence-corrected chi connectivity index (χ0v) is 10.1. The van der Waals surface area contributed by atoms with E-state index in [0.29, 0.717) is 5.82 Å². The van der Waals surface area contributed by atoms with Crippen LogP contribution in [-0.4, -0.2) is 65.2 Å². The summed E-state index contributed by atoms with van der Waals surface area (Å²) in [5.74, 6) is -0.557. The van der Waals surface area contributed by atoms with Crippen LogP contribution >= 0.6 is 0 Å². The molecule has 18 heavy (non-hydrogen) atoms. The van der Waals surface area contributed by atoms with Crippen molar-refractivity contribution in [1.82, 2.24) is 20.2 Å². The first-order valence-electron chi connectivity index (χ1n) is 5.98. The van der Waals surface area contributed by atoms with Gasteiger partial charge in [-0.15, -0.1) is 0 Å². The van der Waals surface area contributed by atoms with Gasteiger partial charge >= 0.3 is 5.97 Å². The molecule has 7 heteroatoms. The van der Waals surface area contributed by atoms with Crippen molar-refractivity contribution in [3.05, 3.63) is 18.1 Å². The highest BCUT2D eigenvalue weighted by Gasteiger charge is 2.09. The average Bonchev–Trinajstić information content (AvgIpc) is 2.40. The third-order valence-electron chi connectivity index (χ3n) is 2.80. The first kappa shape index (κ1) is 12.7. The normalized spacial score (nSPS) is 16.4. The van der Waals surface area contributed by atoms with Gasteiger partial charge in [0.25, 0.3) is 0 Å². The lowest BCUT2D eigenvalue weighted by atomic mass is 10.3. The lowest BCUT2D eigenvalue weighted by Crippen LogP contribution is -2.45. The lowest BCUT2D eigenvalue weighted by molar-refractivity contribution is 0.0690. The van der Waals surface area contributed by atoms with Crippen LogP contribution < -0.4 is 10.6 Å². The van der Waals surface area contributed by atoms with Crippen molar-refractivity contribution in [2.24, 2.45) is 0 Å². The van der Waals surface area contributed by atoms with Crippen LogP contribution in [0.4, 0.5) is 5.82 Å². The second kappa shape index (κ2) is 6.27. The van der Waals surface area contributed by atoms with E-state index in [1.807, 2.05) is 0 Å². The number of carboxylic acids is 1. The number of piperazine rings is 1. The van der Waals surface area contributed by atoms with Gasteiger partial charge in [0.2, 0.25) is 0 Å². The molecular weight excluding hydrogens is 234 g/mol. The predicted octanol–water partition coefficient (Wildman–Crippen LogP) is -0.508. The standard InChI is InChI=1S/C11H17N5O2/c17-11(18)9-7-13-8-10(15-9)14-3-6-16-4-1-12-2-5-16/h7-8,12H,1-6H2,(H,14,15)(H,17,18). The Morgan fingerprint density at radius 2 is 2.22 bits per heavy atom. The van der Waals surface area contributed by atoms with E-state index in [2.05, 4.69) is 25.5 Å². The molecular formula is C11H17N5O2. The van der Waals surface area contributed by atoms with Crippen molar-refractivity contribution in [2.45, 2.75) is 0 Å². The average molecular weight is 251 g/mol. The van der Waals surface area contributed by atoms with Crippen LogP contribution in [0.5, 0.6) is 0 Å². The largest absolute Gasteiger partial charge is 0.476 e. The molecule has 0 bridgehead atoms. The minimum Gasteiger partial charge on any atom is -0.476 e. The summed E-state index contributed by atoms with van der Waals surface area (Å²) in [5, 5.41) is 15.2. The molecule has 0 unspecified atom stereocenters. The highest BCUT2D eigenvalue weighted by Crippen LogP contribution is 2.02. The van der Waals surface area contributed by atoms with Gasteiger partial charge < -0.3 is 15.7 Å². The minimum atomic E-state index is -1.06. The smallest absolute Gasteiger partial charge is 0.356 e. The summed E-state index contributed by atoms with van der Waals surface area (Å²) < 4.78 is 0. The molecule has 1 saturated heterocycles. The molecule has 0 aromatic carbocycles. The molecule has 1 fully saturated rings. The number of anilines is 1.